The van der Waals surface area contributed by atoms with Gasteiger partial charge in [-0.15, -0.1) is 0 Å². The molecule has 3 aromatic carbocycles. The molecule has 0 bridgehead atoms. The lowest BCUT2D eigenvalue weighted by atomic mass is 9.83. The van der Waals surface area contributed by atoms with Crippen LogP contribution < -0.4 is 0 Å². The third-order valence-corrected chi connectivity index (χ3v) is 6.22. The average Bonchev–Trinajstić information content (AvgIpc) is 3.05. The summed E-state index contributed by atoms with van der Waals surface area (Å²) >= 11 is 0. The van der Waals surface area contributed by atoms with E-state index in [2.05, 4.69) is 29.2 Å². The van der Waals surface area contributed by atoms with Crippen molar-refractivity contribution in [1.29, 1.82) is 0 Å². The number of likely N-dealkylation sites (tertiary alicyclic amines) is 1. The molecule has 1 atom stereocenters. The zero-order chi connectivity index (χ0) is 19.8. The van der Waals surface area contributed by atoms with Gasteiger partial charge in [-0.25, -0.2) is 8.78 Å². The molecule has 0 aliphatic carbocycles. The first kappa shape index (κ1) is 18.5. The van der Waals surface area contributed by atoms with E-state index in [0.29, 0.717) is 0 Å². The molecule has 0 saturated carbocycles. The Morgan fingerprint density at radius 1 is 0.862 bits per heavy atom. The topological polar surface area (TPSA) is 12.5 Å². The first-order chi connectivity index (χ1) is 14.1. The normalized spacial score (nSPS) is 20.7. The number of piperidine rings is 1. The molecule has 1 unspecified atom stereocenters. The van der Waals surface area contributed by atoms with E-state index in [-0.39, 0.29) is 17.7 Å². The number of halogens is 2. The van der Waals surface area contributed by atoms with Gasteiger partial charge in [0.15, 0.2) is 0 Å². The van der Waals surface area contributed by atoms with Crippen molar-refractivity contribution in [3.05, 3.63) is 107 Å². The lowest BCUT2D eigenvalue weighted by molar-refractivity contribution is -0.0978. The van der Waals surface area contributed by atoms with Crippen molar-refractivity contribution in [3.63, 3.8) is 0 Å². The second kappa shape index (κ2) is 7.36. The summed E-state index contributed by atoms with van der Waals surface area (Å²) in [6.07, 6.45) is 1.34. The van der Waals surface area contributed by atoms with Gasteiger partial charge in [0.25, 0.3) is 0 Å². The predicted molar refractivity (Wildman–Crippen MR) is 108 cm³/mol. The highest BCUT2D eigenvalue weighted by atomic mass is 19.1. The highest BCUT2D eigenvalue weighted by molar-refractivity contribution is 5.44. The van der Waals surface area contributed by atoms with E-state index in [1.165, 1.54) is 23.8 Å². The lowest BCUT2D eigenvalue weighted by Crippen LogP contribution is -2.42. The quantitative estimate of drug-likeness (QED) is 0.578. The van der Waals surface area contributed by atoms with Gasteiger partial charge in [0.1, 0.15) is 17.7 Å². The first-order valence-electron chi connectivity index (χ1n) is 10.1. The molecule has 0 aromatic heterocycles. The molecule has 2 heterocycles. The Balaban J connectivity index is 1.41. The van der Waals surface area contributed by atoms with Gasteiger partial charge >= 0.3 is 0 Å². The minimum atomic E-state index is -0.482. The zero-order valence-corrected chi connectivity index (χ0v) is 16.2. The van der Waals surface area contributed by atoms with Gasteiger partial charge in [0.2, 0.25) is 0 Å². The SMILES string of the molecule is Fc1ccc(C2OC3(CCN(Cc4ccccc4)CC3)c3cc(F)ccc32)cc1. The third-order valence-electron chi connectivity index (χ3n) is 6.22. The summed E-state index contributed by atoms with van der Waals surface area (Å²) in [5, 5.41) is 0. The summed E-state index contributed by atoms with van der Waals surface area (Å²) in [6.45, 7) is 2.69. The Morgan fingerprint density at radius 2 is 1.55 bits per heavy atom. The fourth-order valence-corrected chi connectivity index (χ4v) is 4.69. The van der Waals surface area contributed by atoms with Crippen LogP contribution in [0.4, 0.5) is 8.78 Å². The van der Waals surface area contributed by atoms with Gasteiger partial charge in [0.05, 0.1) is 5.60 Å². The summed E-state index contributed by atoms with van der Waals surface area (Å²) < 4.78 is 34.2. The number of hydrogen-bond acceptors (Lipinski definition) is 2. The van der Waals surface area contributed by atoms with Crippen molar-refractivity contribution in [1.82, 2.24) is 4.90 Å². The fraction of sp³-hybridized carbons (Fsp3) is 0.280. The van der Waals surface area contributed by atoms with Crippen molar-refractivity contribution in [2.45, 2.75) is 31.1 Å². The summed E-state index contributed by atoms with van der Waals surface area (Å²) in [5.41, 5.74) is 3.67. The third kappa shape index (κ3) is 3.47. The molecular weight excluding hydrogens is 368 g/mol. The summed E-state index contributed by atoms with van der Waals surface area (Å²) in [4.78, 5) is 2.42. The molecule has 2 aliphatic heterocycles. The Bertz CT molecular complexity index is 995. The van der Waals surface area contributed by atoms with E-state index in [1.54, 1.807) is 18.2 Å². The van der Waals surface area contributed by atoms with E-state index in [4.69, 9.17) is 4.74 Å². The highest BCUT2D eigenvalue weighted by Gasteiger charge is 2.47. The number of hydrogen-bond donors (Lipinski definition) is 0. The predicted octanol–water partition coefficient (Wildman–Crippen LogP) is 5.58. The van der Waals surface area contributed by atoms with E-state index in [1.807, 2.05) is 12.1 Å². The highest BCUT2D eigenvalue weighted by Crippen LogP contribution is 2.51. The molecule has 2 aliphatic rings. The lowest BCUT2D eigenvalue weighted by Gasteiger charge is -2.40. The van der Waals surface area contributed by atoms with Crippen LogP contribution in [0.25, 0.3) is 0 Å². The molecule has 2 nitrogen and oxygen atoms in total. The number of benzene rings is 3. The Hall–Kier alpha value is -2.56. The van der Waals surface area contributed by atoms with Gasteiger partial charge in [-0.1, -0.05) is 48.5 Å². The molecule has 29 heavy (non-hydrogen) atoms. The Kier molecular flexibility index (Phi) is 4.69. The second-order valence-electron chi connectivity index (χ2n) is 8.04. The molecule has 1 saturated heterocycles. The molecule has 0 amide bonds. The van der Waals surface area contributed by atoms with Crippen LogP contribution in [0.1, 0.15) is 41.2 Å². The van der Waals surface area contributed by atoms with Crippen LogP contribution in [0.5, 0.6) is 0 Å². The number of fused-ring (bicyclic) bond motifs is 2. The molecule has 1 spiro atoms. The van der Waals surface area contributed by atoms with Crippen LogP contribution in [0, 0.1) is 11.6 Å². The number of rotatable bonds is 3. The maximum absolute atomic E-state index is 14.1. The Morgan fingerprint density at radius 3 is 2.28 bits per heavy atom. The van der Waals surface area contributed by atoms with Crippen molar-refractivity contribution >= 4 is 0 Å². The number of ether oxygens (including phenoxy) is 1. The van der Waals surface area contributed by atoms with E-state index in [9.17, 15) is 8.78 Å². The fourth-order valence-electron chi connectivity index (χ4n) is 4.69. The minimum Gasteiger partial charge on any atom is -0.358 e. The van der Waals surface area contributed by atoms with Crippen LogP contribution in [-0.4, -0.2) is 18.0 Å². The van der Waals surface area contributed by atoms with Crippen molar-refractivity contribution < 1.29 is 13.5 Å². The molecule has 5 rings (SSSR count). The van der Waals surface area contributed by atoms with Crippen molar-refractivity contribution in [2.75, 3.05) is 13.1 Å². The van der Waals surface area contributed by atoms with E-state index < -0.39 is 5.60 Å². The summed E-state index contributed by atoms with van der Waals surface area (Å²) in [6, 6.07) is 21.8. The minimum absolute atomic E-state index is 0.238. The van der Waals surface area contributed by atoms with Crippen LogP contribution in [-0.2, 0) is 16.9 Å². The molecule has 1 fully saturated rings. The molecule has 0 radical (unpaired) electrons. The van der Waals surface area contributed by atoms with Gasteiger partial charge in [0, 0.05) is 19.6 Å². The summed E-state index contributed by atoms with van der Waals surface area (Å²) in [5.74, 6) is -0.506. The van der Waals surface area contributed by atoms with Crippen LogP contribution >= 0.6 is 0 Å². The molecular formula is C25H23F2NO. The van der Waals surface area contributed by atoms with Crippen molar-refractivity contribution in [3.8, 4) is 0 Å². The largest absolute Gasteiger partial charge is 0.358 e. The van der Waals surface area contributed by atoms with Gasteiger partial charge in [-0.3, -0.25) is 4.90 Å². The van der Waals surface area contributed by atoms with Crippen LogP contribution in [0.15, 0.2) is 72.8 Å². The van der Waals surface area contributed by atoms with Crippen molar-refractivity contribution in [2.24, 2.45) is 0 Å². The zero-order valence-electron chi connectivity index (χ0n) is 16.2. The molecule has 4 heteroatoms. The first-order valence-corrected chi connectivity index (χ1v) is 10.1. The second-order valence-corrected chi connectivity index (χ2v) is 8.04. The van der Waals surface area contributed by atoms with E-state index >= 15 is 0 Å². The summed E-state index contributed by atoms with van der Waals surface area (Å²) in [7, 11) is 0. The molecule has 148 valence electrons. The number of nitrogens with zero attached hydrogens (tertiary/aromatic N) is 1. The van der Waals surface area contributed by atoms with Gasteiger partial charge < -0.3 is 4.74 Å². The van der Waals surface area contributed by atoms with Crippen LogP contribution in [0.3, 0.4) is 0 Å². The van der Waals surface area contributed by atoms with Crippen LogP contribution in [0.2, 0.25) is 0 Å². The maximum atomic E-state index is 14.1. The van der Waals surface area contributed by atoms with E-state index in [0.717, 1.165) is 49.2 Å². The standard InChI is InChI=1S/C25H23F2NO/c26-20-8-6-19(7-9-20)24-22-11-10-21(27)16-23(22)25(29-24)12-14-28(15-13-25)17-18-4-2-1-3-5-18/h1-11,16,24H,12-15,17H2. The smallest absolute Gasteiger partial charge is 0.123 e. The molecule has 0 N–H and O–H groups in total. The van der Waals surface area contributed by atoms with Gasteiger partial charge in [-0.2, -0.15) is 0 Å². The average molecular weight is 391 g/mol. The maximum Gasteiger partial charge on any atom is 0.123 e. The molecule has 3 aromatic rings. The Labute approximate surface area is 169 Å². The van der Waals surface area contributed by atoms with Gasteiger partial charge in [-0.05, 0) is 59.4 Å². The monoisotopic (exact) mass is 391 g/mol.